The Balaban J connectivity index is 1.31. The lowest BCUT2D eigenvalue weighted by Crippen LogP contribution is -2.60. The van der Waals surface area contributed by atoms with Crippen LogP contribution in [0.2, 0.25) is 0 Å². The van der Waals surface area contributed by atoms with Crippen molar-refractivity contribution in [2.75, 3.05) is 19.6 Å². The monoisotopic (exact) mass is 896 g/mol. The molecular formula is C47H65N11O7. The molecule has 1 aliphatic carbocycles. The lowest BCUT2D eigenvalue weighted by atomic mass is 9.84. The second kappa shape index (κ2) is 23.5. The zero-order valence-corrected chi connectivity index (χ0v) is 37.2. The fraction of sp³-hybridized carbons (Fsp3) is 0.532. The van der Waals surface area contributed by atoms with Gasteiger partial charge in [0.2, 0.25) is 41.4 Å². The average molecular weight is 896 g/mol. The van der Waals surface area contributed by atoms with E-state index in [1.807, 2.05) is 54.6 Å². The van der Waals surface area contributed by atoms with Crippen molar-refractivity contribution in [3.05, 3.63) is 71.9 Å². The second-order valence-electron chi connectivity index (χ2n) is 17.6. The van der Waals surface area contributed by atoms with Crippen molar-refractivity contribution in [3.63, 3.8) is 0 Å². The molecule has 18 nitrogen and oxygen atoms in total. The Labute approximate surface area is 379 Å². The van der Waals surface area contributed by atoms with Gasteiger partial charge in [-0.1, -0.05) is 80.6 Å². The molecule has 3 heterocycles. The molecule has 6 atom stereocenters. The molecule has 7 amide bonds. The second-order valence-corrected chi connectivity index (χ2v) is 17.6. The summed E-state index contributed by atoms with van der Waals surface area (Å²) in [6.45, 7) is 1.82. The highest BCUT2D eigenvalue weighted by molar-refractivity contribution is 5.98. The number of rotatable bonds is 13. The van der Waals surface area contributed by atoms with Gasteiger partial charge in [-0.2, -0.15) is 0 Å². The summed E-state index contributed by atoms with van der Waals surface area (Å²) in [6, 6.07) is 10.5. The van der Waals surface area contributed by atoms with Gasteiger partial charge in [-0.25, -0.2) is 0 Å². The van der Waals surface area contributed by atoms with E-state index in [2.05, 4.69) is 41.9 Å². The number of fused-ring (bicyclic) bond motifs is 2. The van der Waals surface area contributed by atoms with Crippen LogP contribution in [0.1, 0.15) is 95.1 Å². The first-order valence-electron chi connectivity index (χ1n) is 23.1. The van der Waals surface area contributed by atoms with Crippen molar-refractivity contribution in [1.29, 1.82) is 0 Å². The van der Waals surface area contributed by atoms with Gasteiger partial charge in [-0.3, -0.25) is 38.6 Å². The Hall–Kier alpha value is -6.46. The van der Waals surface area contributed by atoms with E-state index in [-0.39, 0.29) is 63.6 Å². The van der Waals surface area contributed by atoms with Crippen LogP contribution in [0.5, 0.6) is 0 Å². The molecule has 6 rings (SSSR count). The number of guanidine groups is 1. The summed E-state index contributed by atoms with van der Waals surface area (Å²) in [4.78, 5) is 107. The molecule has 350 valence electrons. The van der Waals surface area contributed by atoms with Crippen molar-refractivity contribution in [2.45, 2.75) is 133 Å². The minimum Gasteiger partial charge on any atom is -0.370 e. The highest BCUT2D eigenvalue weighted by Gasteiger charge is 2.40. The number of hydrogen-bond donors (Lipinski definition) is 9. The first-order chi connectivity index (χ1) is 31.4. The molecular weight excluding hydrogens is 831 g/mol. The van der Waals surface area contributed by atoms with Crippen molar-refractivity contribution in [1.82, 2.24) is 41.8 Å². The third-order valence-corrected chi connectivity index (χ3v) is 12.6. The molecule has 0 spiro atoms. The van der Waals surface area contributed by atoms with Crippen LogP contribution in [0.15, 0.2) is 65.8 Å². The highest BCUT2D eigenvalue weighted by atomic mass is 16.2. The molecule has 0 unspecified atom stereocenters. The van der Waals surface area contributed by atoms with Gasteiger partial charge in [0.05, 0.1) is 0 Å². The number of nitrogens with zero attached hydrogens (tertiary/aromatic N) is 2. The van der Waals surface area contributed by atoms with E-state index < -0.39 is 77.6 Å². The summed E-state index contributed by atoms with van der Waals surface area (Å²) < 4.78 is 0. The molecule has 3 aliphatic rings. The third-order valence-electron chi connectivity index (χ3n) is 12.6. The molecule has 0 bridgehead atoms. The van der Waals surface area contributed by atoms with E-state index in [4.69, 9.17) is 11.5 Å². The van der Waals surface area contributed by atoms with Gasteiger partial charge in [-0.15, -0.1) is 0 Å². The maximum Gasteiger partial charge on any atom is 0.245 e. The van der Waals surface area contributed by atoms with Crippen molar-refractivity contribution >= 4 is 58.2 Å². The normalized spacial score (nSPS) is 23.4. The van der Waals surface area contributed by atoms with Crippen molar-refractivity contribution < 1.29 is 33.6 Å². The van der Waals surface area contributed by atoms with Gasteiger partial charge >= 0.3 is 0 Å². The standard InChI is InChI=1S/C47H65N11O7/c1-29(59)53-37(25-30-13-4-2-5-14-30)42(61)55-36-20-11-22-50-41(60)35(19-10-23-51-47(48)49)54-44(63)39(27-32-28-52-34-18-9-8-17-33(32)34)56-43(62)38(26-31-15-6-3-7-16-31)57-45(64)40-21-12-24-58(40)46(36)65/h2,4-5,8-9,13-14,17-18,28,31,35-40,52H,3,6-7,10-12,15-16,19-27H2,1H3,(H,50,60)(H,53,59)(H,54,63)(H,55,61)(H,56,62)(H,57,64)(H4,48,49,51)/t35-,36+,37+,38-,39+,40+/m1/s1. The quantitative estimate of drug-likeness (QED) is 0.0679. The predicted molar refractivity (Wildman–Crippen MR) is 246 cm³/mol. The summed E-state index contributed by atoms with van der Waals surface area (Å²) in [6.07, 6.45) is 8.88. The summed E-state index contributed by atoms with van der Waals surface area (Å²) >= 11 is 0. The minimum atomic E-state index is -1.14. The molecule has 2 aliphatic heterocycles. The number of hydrogen-bond acceptors (Lipinski definition) is 8. The molecule has 0 radical (unpaired) electrons. The van der Waals surface area contributed by atoms with E-state index in [0.717, 1.165) is 54.1 Å². The summed E-state index contributed by atoms with van der Waals surface area (Å²) in [5.74, 6) is -3.59. The SMILES string of the molecule is CC(=O)N[C@@H](Cc1ccccc1)C(=O)N[C@H]1CCCNC(=O)[C@@H](CCCN=C(N)N)NC(=O)[C@H](Cc2c[nH]c3ccccc23)NC(=O)[C@@H](CC2CCCCC2)NC(=O)[C@@H]2CCCN2C1=O. The number of benzene rings is 2. The lowest BCUT2D eigenvalue weighted by molar-refractivity contribution is -0.142. The molecule has 11 N–H and O–H groups in total. The summed E-state index contributed by atoms with van der Waals surface area (Å²) in [5, 5.41) is 18.2. The molecule has 18 heteroatoms. The number of carbonyl (C=O) groups is 7. The van der Waals surface area contributed by atoms with E-state index in [0.29, 0.717) is 25.7 Å². The maximum atomic E-state index is 14.6. The number of nitrogens with two attached hydrogens (primary N) is 2. The Bertz CT molecular complexity index is 2170. The van der Waals surface area contributed by atoms with E-state index >= 15 is 0 Å². The number of carbonyl (C=O) groups excluding carboxylic acids is 7. The lowest BCUT2D eigenvalue weighted by Gasteiger charge is -2.32. The molecule has 2 saturated heterocycles. The maximum absolute atomic E-state index is 14.6. The highest BCUT2D eigenvalue weighted by Crippen LogP contribution is 2.28. The Morgan fingerprint density at radius 2 is 1.51 bits per heavy atom. The Morgan fingerprint density at radius 3 is 2.26 bits per heavy atom. The first-order valence-corrected chi connectivity index (χ1v) is 23.1. The van der Waals surface area contributed by atoms with E-state index in [1.54, 1.807) is 6.20 Å². The van der Waals surface area contributed by atoms with Crippen LogP contribution in [-0.2, 0) is 46.4 Å². The van der Waals surface area contributed by atoms with Crippen LogP contribution in [0, 0.1) is 5.92 Å². The van der Waals surface area contributed by atoms with Crippen LogP contribution in [-0.4, -0.2) is 113 Å². The van der Waals surface area contributed by atoms with Crippen LogP contribution in [0.25, 0.3) is 10.9 Å². The number of aromatic nitrogens is 1. The van der Waals surface area contributed by atoms with Crippen LogP contribution in [0.4, 0.5) is 0 Å². The Kier molecular flexibility index (Phi) is 17.3. The van der Waals surface area contributed by atoms with Crippen molar-refractivity contribution in [2.24, 2.45) is 22.4 Å². The van der Waals surface area contributed by atoms with Crippen LogP contribution in [0.3, 0.4) is 0 Å². The molecule has 1 aromatic heterocycles. The fourth-order valence-corrected chi connectivity index (χ4v) is 9.28. The fourth-order valence-electron chi connectivity index (χ4n) is 9.28. The van der Waals surface area contributed by atoms with Gasteiger partial charge in [0.15, 0.2) is 5.96 Å². The number of aliphatic imine (C=N–C) groups is 1. The number of H-pyrrole nitrogens is 1. The average Bonchev–Trinajstić information content (AvgIpc) is 3.95. The number of para-hydroxylation sites is 1. The van der Waals surface area contributed by atoms with Gasteiger partial charge in [0, 0.05) is 56.5 Å². The first kappa shape index (κ1) is 48.0. The van der Waals surface area contributed by atoms with Crippen LogP contribution < -0.4 is 43.4 Å². The van der Waals surface area contributed by atoms with E-state index in [9.17, 15) is 33.6 Å². The Morgan fingerprint density at radius 1 is 0.800 bits per heavy atom. The molecule has 2 aromatic carbocycles. The molecule has 65 heavy (non-hydrogen) atoms. The van der Waals surface area contributed by atoms with Crippen molar-refractivity contribution in [3.8, 4) is 0 Å². The molecule has 3 aromatic rings. The van der Waals surface area contributed by atoms with Gasteiger partial charge in [0.1, 0.15) is 36.3 Å². The largest absolute Gasteiger partial charge is 0.370 e. The summed E-state index contributed by atoms with van der Waals surface area (Å²) in [5.41, 5.74) is 13.5. The van der Waals surface area contributed by atoms with Gasteiger partial charge in [-0.05, 0) is 68.1 Å². The van der Waals surface area contributed by atoms with Gasteiger partial charge < -0.3 is 53.3 Å². The number of nitrogens with one attached hydrogen (secondary N) is 7. The zero-order valence-electron chi connectivity index (χ0n) is 37.2. The number of aromatic amines is 1. The van der Waals surface area contributed by atoms with E-state index in [1.165, 1.54) is 11.8 Å². The zero-order chi connectivity index (χ0) is 46.3. The summed E-state index contributed by atoms with van der Waals surface area (Å²) in [7, 11) is 0. The molecule has 3 fully saturated rings. The van der Waals surface area contributed by atoms with Crippen LogP contribution >= 0.6 is 0 Å². The predicted octanol–water partition coefficient (Wildman–Crippen LogP) is 1.32. The molecule has 1 saturated carbocycles. The smallest absolute Gasteiger partial charge is 0.245 e. The minimum absolute atomic E-state index is 0.0696. The third kappa shape index (κ3) is 13.8. The van der Waals surface area contributed by atoms with Gasteiger partial charge in [0.25, 0.3) is 0 Å². The number of amides is 7. The topological polar surface area (TPSA) is 275 Å².